The number of nitriles is 1. The summed E-state index contributed by atoms with van der Waals surface area (Å²) in [5.41, 5.74) is -0.0458. The van der Waals surface area contributed by atoms with Crippen molar-refractivity contribution in [1.82, 2.24) is 9.88 Å². The fourth-order valence-electron chi connectivity index (χ4n) is 2.11. The van der Waals surface area contributed by atoms with Crippen LogP contribution in [0.4, 0.5) is 13.6 Å². The Labute approximate surface area is 118 Å². The monoisotopic (exact) mass is 295 g/mol. The highest BCUT2D eigenvalue weighted by Crippen LogP contribution is 2.32. The lowest BCUT2D eigenvalue weighted by molar-refractivity contribution is 0.194. The van der Waals surface area contributed by atoms with Crippen molar-refractivity contribution >= 4 is 17.0 Å². The number of hydrogen-bond acceptors (Lipinski definition) is 3. The number of benzene rings is 1. The van der Waals surface area contributed by atoms with Crippen LogP contribution in [0.3, 0.4) is 0 Å². The maximum atomic E-state index is 14.0. The van der Waals surface area contributed by atoms with E-state index in [0.29, 0.717) is 0 Å². The van der Waals surface area contributed by atoms with Crippen LogP contribution in [0.15, 0.2) is 12.1 Å². The molecule has 0 saturated carbocycles. The van der Waals surface area contributed by atoms with Gasteiger partial charge in [0, 0.05) is 24.5 Å². The van der Waals surface area contributed by atoms with E-state index in [-0.39, 0.29) is 35.4 Å². The summed E-state index contributed by atoms with van der Waals surface area (Å²) < 4.78 is 33.8. The van der Waals surface area contributed by atoms with E-state index in [9.17, 15) is 13.6 Å². The second kappa shape index (κ2) is 5.66. The van der Waals surface area contributed by atoms with Gasteiger partial charge in [0.1, 0.15) is 17.5 Å². The fourth-order valence-corrected chi connectivity index (χ4v) is 2.11. The van der Waals surface area contributed by atoms with Gasteiger partial charge in [-0.3, -0.25) is 0 Å². The number of halogens is 2. The Kier molecular flexibility index (Phi) is 3.93. The number of fused-ring (bicyclic) bond motifs is 1. The number of aromatic nitrogens is 1. The summed E-state index contributed by atoms with van der Waals surface area (Å²) in [7, 11) is 1.31. The van der Waals surface area contributed by atoms with Crippen LogP contribution < -0.4 is 10.1 Å². The van der Waals surface area contributed by atoms with Crippen LogP contribution in [0.25, 0.3) is 10.9 Å². The molecule has 0 saturated heterocycles. The Hall–Kier alpha value is -2.82. The van der Waals surface area contributed by atoms with Crippen molar-refractivity contribution in [2.24, 2.45) is 0 Å². The lowest BCUT2D eigenvalue weighted by Crippen LogP contribution is -2.25. The average Bonchev–Trinajstić information content (AvgIpc) is 2.81. The van der Waals surface area contributed by atoms with Crippen molar-refractivity contribution in [2.75, 3.05) is 13.7 Å². The molecule has 0 unspecified atom stereocenters. The molecule has 0 fully saturated rings. The minimum atomic E-state index is -1.24. The smallest absolute Gasteiger partial charge is 0.404 e. The van der Waals surface area contributed by atoms with Crippen molar-refractivity contribution < 1.29 is 23.4 Å². The van der Waals surface area contributed by atoms with E-state index in [1.807, 2.05) is 6.07 Å². The first kappa shape index (κ1) is 14.6. The number of hydrogen-bond donors (Lipinski definition) is 2. The number of rotatable bonds is 4. The third-order valence-corrected chi connectivity index (χ3v) is 2.98. The zero-order chi connectivity index (χ0) is 15.6. The minimum absolute atomic E-state index is 0.0117. The van der Waals surface area contributed by atoms with E-state index in [0.717, 1.165) is 6.07 Å². The lowest BCUT2D eigenvalue weighted by Gasteiger charge is -2.09. The summed E-state index contributed by atoms with van der Waals surface area (Å²) in [6, 6.07) is 4.14. The first-order valence-corrected chi connectivity index (χ1v) is 5.91. The molecule has 2 rings (SSSR count). The van der Waals surface area contributed by atoms with Crippen LogP contribution in [-0.2, 0) is 6.54 Å². The van der Waals surface area contributed by atoms with E-state index in [1.54, 1.807) is 0 Å². The maximum Gasteiger partial charge on any atom is 0.404 e. The number of carboxylic acid groups (broad SMARTS) is 1. The summed E-state index contributed by atoms with van der Waals surface area (Å²) in [5.74, 6) is -2.11. The topological polar surface area (TPSA) is 87.3 Å². The Bertz CT molecular complexity index is 749. The highest BCUT2D eigenvalue weighted by molar-refractivity contribution is 5.89. The van der Waals surface area contributed by atoms with Crippen LogP contribution in [0.5, 0.6) is 5.75 Å². The molecular weight excluding hydrogens is 284 g/mol. The number of amides is 1. The lowest BCUT2D eigenvalue weighted by atomic mass is 10.2. The van der Waals surface area contributed by atoms with Crippen molar-refractivity contribution in [3.05, 3.63) is 29.5 Å². The molecule has 0 atom stereocenters. The maximum absolute atomic E-state index is 14.0. The SMILES string of the molecule is COc1cc(F)c(F)c2c1cc(C#N)n2CCNC(=O)O. The third-order valence-electron chi connectivity index (χ3n) is 2.98. The molecule has 1 amide bonds. The second-order valence-electron chi connectivity index (χ2n) is 4.16. The second-order valence-corrected chi connectivity index (χ2v) is 4.16. The Morgan fingerprint density at radius 2 is 2.24 bits per heavy atom. The molecule has 0 bridgehead atoms. The van der Waals surface area contributed by atoms with Crippen LogP contribution in [0.1, 0.15) is 5.69 Å². The molecule has 2 N–H and O–H groups in total. The Morgan fingerprint density at radius 3 is 2.81 bits per heavy atom. The van der Waals surface area contributed by atoms with Gasteiger partial charge in [-0.1, -0.05) is 0 Å². The molecule has 110 valence electrons. The molecule has 0 radical (unpaired) electrons. The van der Waals surface area contributed by atoms with Gasteiger partial charge in [0.15, 0.2) is 11.6 Å². The molecule has 2 aromatic rings. The molecule has 0 aliphatic carbocycles. The Balaban J connectivity index is 2.59. The molecule has 21 heavy (non-hydrogen) atoms. The first-order valence-electron chi connectivity index (χ1n) is 5.91. The third kappa shape index (κ3) is 2.58. The molecule has 0 aliphatic heterocycles. The molecule has 1 aromatic carbocycles. The normalized spacial score (nSPS) is 10.4. The van der Waals surface area contributed by atoms with Gasteiger partial charge >= 0.3 is 6.09 Å². The molecule has 1 heterocycles. The number of nitrogens with zero attached hydrogens (tertiary/aromatic N) is 2. The van der Waals surface area contributed by atoms with E-state index in [4.69, 9.17) is 15.1 Å². The van der Waals surface area contributed by atoms with Crippen LogP contribution in [0.2, 0.25) is 0 Å². The van der Waals surface area contributed by atoms with Gasteiger partial charge in [-0.2, -0.15) is 5.26 Å². The number of methoxy groups -OCH3 is 1. The van der Waals surface area contributed by atoms with Gasteiger partial charge < -0.3 is 19.7 Å². The van der Waals surface area contributed by atoms with Gasteiger partial charge in [0.25, 0.3) is 0 Å². The number of nitrogens with one attached hydrogen (secondary N) is 1. The van der Waals surface area contributed by atoms with E-state index < -0.39 is 17.7 Å². The first-order chi connectivity index (χ1) is 9.99. The predicted octanol–water partition coefficient (Wildman–Crippen LogP) is 2.07. The van der Waals surface area contributed by atoms with E-state index >= 15 is 0 Å². The summed E-state index contributed by atoms with van der Waals surface area (Å²) in [4.78, 5) is 10.4. The predicted molar refractivity (Wildman–Crippen MR) is 69.1 cm³/mol. The van der Waals surface area contributed by atoms with Gasteiger partial charge in [0.05, 0.1) is 12.6 Å². The fraction of sp³-hybridized carbons (Fsp3) is 0.231. The standard InChI is InChI=1S/C13H11F2N3O3/c1-21-10-5-9(14)11(15)12-8(10)4-7(6-16)18(12)3-2-17-13(19)20/h4-5,17H,2-3H2,1H3,(H,19,20). The number of ether oxygens (including phenoxy) is 1. The summed E-state index contributed by atoms with van der Waals surface area (Å²) in [6.45, 7) is -0.0612. The van der Waals surface area contributed by atoms with Gasteiger partial charge in [-0.25, -0.2) is 13.6 Å². The van der Waals surface area contributed by atoms with Crippen LogP contribution in [0, 0.1) is 23.0 Å². The van der Waals surface area contributed by atoms with Crippen LogP contribution in [-0.4, -0.2) is 29.4 Å². The molecule has 6 nitrogen and oxygen atoms in total. The van der Waals surface area contributed by atoms with Crippen LogP contribution >= 0.6 is 0 Å². The Morgan fingerprint density at radius 1 is 1.52 bits per heavy atom. The van der Waals surface area contributed by atoms with Gasteiger partial charge in [0.2, 0.25) is 0 Å². The zero-order valence-corrected chi connectivity index (χ0v) is 11.0. The molecule has 0 spiro atoms. The van der Waals surface area contributed by atoms with Crippen molar-refractivity contribution in [3.8, 4) is 11.8 Å². The van der Waals surface area contributed by atoms with Crippen molar-refractivity contribution in [2.45, 2.75) is 6.54 Å². The van der Waals surface area contributed by atoms with E-state index in [1.165, 1.54) is 17.7 Å². The largest absolute Gasteiger partial charge is 0.496 e. The van der Waals surface area contributed by atoms with E-state index in [2.05, 4.69) is 5.32 Å². The average molecular weight is 295 g/mol. The molecule has 1 aromatic heterocycles. The highest BCUT2D eigenvalue weighted by Gasteiger charge is 2.20. The molecular formula is C13H11F2N3O3. The molecule has 8 heteroatoms. The summed E-state index contributed by atoms with van der Waals surface area (Å²) in [6.07, 6.45) is -1.24. The number of carbonyl (C=O) groups is 1. The molecule has 0 aliphatic rings. The minimum Gasteiger partial charge on any atom is -0.496 e. The van der Waals surface area contributed by atoms with Crippen molar-refractivity contribution in [3.63, 3.8) is 0 Å². The highest BCUT2D eigenvalue weighted by atomic mass is 19.2. The van der Waals surface area contributed by atoms with Gasteiger partial charge in [-0.15, -0.1) is 0 Å². The van der Waals surface area contributed by atoms with Crippen molar-refractivity contribution in [1.29, 1.82) is 5.26 Å². The van der Waals surface area contributed by atoms with Gasteiger partial charge in [-0.05, 0) is 6.07 Å². The quantitative estimate of drug-likeness (QED) is 0.904. The summed E-state index contributed by atoms with van der Waals surface area (Å²) >= 11 is 0. The summed E-state index contributed by atoms with van der Waals surface area (Å²) in [5, 5.41) is 20.0. The zero-order valence-electron chi connectivity index (χ0n) is 11.0.